The van der Waals surface area contributed by atoms with E-state index in [1.165, 1.54) is 0 Å². The number of likely N-dealkylation sites (N-methyl/N-ethyl adjacent to an activating group) is 1. The molecule has 2 unspecified atom stereocenters. The van der Waals surface area contributed by atoms with Crippen molar-refractivity contribution in [3.05, 3.63) is 34.6 Å². The summed E-state index contributed by atoms with van der Waals surface area (Å²) in [6.45, 7) is 1.92. The number of halogens is 3. The topological polar surface area (TPSA) is 162 Å². The van der Waals surface area contributed by atoms with Gasteiger partial charge in [0.05, 0.1) is 35.5 Å². The number of anilines is 1. The molecule has 10 nitrogen and oxygen atoms in total. The minimum atomic E-state index is -5.15. The third-order valence-corrected chi connectivity index (χ3v) is 6.78. The van der Waals surface area contributed by atoms with Gasteiger partial charge in [0.25, 0.3) is 0 Å². The molecule has 3 aliphatic carbocycles. The van der Waals surface area contributed by atoms with Crippen molar-refractivity contribution in [2.45, 2.75) is 32.5 Å². The van der Waals surface area contributed by atoms with Crippen molar-refractivity contribution in [2.75, 3.05) is 18.4 Å². The average molecular weight is 524 g/mol. The lowest BCUT2D eigenvalue weighted by Gasteiger charge is -2.41. The Hall–Kier alpha value is -3.87. The minimum Gasteiger partial charge on any atom is -0.515 e. The number of alkyl halides is 3. The number of phenols is 1. The smallest absolute Gasteiger partial charge is 0.515 e. The summed E-state index contributed by atoms with van der Waals surface area (Å²) in [6.07, 6.45) is -5.32. The van der Waals surface area contributed by atoms with Gasteiger partial charge >= 0.3 is 6.36 Å². The maximum Gasteiger partial charge on any atom is 0.573 e. The molecular formula is C24H23F3N2O8. The third kappa shape index (κ3) is 4.66. The number of fused-ring (bicyclic) bond motifs is 3. The fraction of sp³-hybridized carbons (Fsp3) is 0.417. The van der Waals surface area contributed by atoms with Crippen molar-refractivity contribution in [2.24, 2.45) is 17.8 Å². The first-order valence-corrected chi connectivity index (χ1v) is 11.4. The number of ether oxygens (including phenoxy) is 1. The van der Waals surface area contributed by atoms with Gasteiger partial charge in [-0.2, -0.15) is 0 Å². The van der Waals surface area contributed by atoms with Gasteiger partial charge in [0.1, 0.15) is 11.5 Å². The van der Waals surface area contributed by atoms with Crippen LogP contribution in [0.1, 0.15) is 30.9 Å². The van der Waals surface area contributed by atoms with E-state index in [0.717, 1.165) is 6.07 Å². The Kier molecular flexibility index (Phi) is 6.76. The second-order valence-corrected chi connectivity index (χ2v) is 9.04. The molecule has 1 aromatic carbocycles. The summed E-state index contributed by atoms with van der Waals surface area (Å²) < 4.78 is 43.8. The zero-order valence-electron chi connectivity index (χ0n) is 19.4. The molecule has 4 rings (SSSR count). The minimum absolute atomic E-state index is 0.0127. The van der Waals surface area contributed by atoms with Crippen LogP contribution in [0, 0.1) is 17.8 Å². The van der Waals surface area contributed by atoms with E-state index in [2.05, 4.69) is 15.4 Å². The number of aliphatic hydroxyl groups excluding tert-OH is 2. The molecule has 0 heterocycles. The summed E-state index contributed by atoms with van der Waals surface area (Å²) in [6, 6.07) is 0.781. The Labute approximate surface area is 207 Å². The Morgan fingerprint density at radius 2 is 1.89 bits per heavy atom. The number of hydrogen-bond donors (Lipinski definition) is 5. The highest BCUT2D eigenvalue weighted by Gasteiger charge is 2.52. The lowest BCUT2D eigenvalue weighted by atomic mass is 9.60. The number of aromatic hydroxyl groups is 1. The number of rotatable bonds is 5. The van der Waals surface area contributed by atoms with Crippen LogP contribution in [0.5, 0.6) is 11.5 Å². The Morgan fingerprint density at radius 3 is 2.51 bits per heavy atom. The van der Waals surface area contributed by atoms with Crippen LogP contribution in [0.4, 0.5) is 18.9 Å². The number of ketones is 3. The van der Waals surface area contributed by atoms with E-state index in [4.69, 9.17) is 0 Å². The van der Waals surface area contributed by atoms with Crippen LogP contribution < -0.4 is 15.4 Å². The first-order valence-electron chi connectivity index (χ1n) is 11.4. The normalized spacial score (nSPS) is 24.5. The molecule has 37 heavy (non-hydrogen) atoms. The number of hydrogen-bond acceptors (Lipinski definition) is 9. The fourth-order valence-electron chi connectivity index (χ4n) is 5.29. The summed E-state index contributed by atoms with van der Waals surface area (Å²) in [4.78, 5) is 50.5. The number of aliphatic hydroxyl groups is 2. The molecule has 198 valence electrons. The van der Waals surface area contributed by atoms with E-state index in [0.29, 0.717) is 12.8 Å². The largest absolute Gasteiger partial charge is 0.573 e. The van der Waals surface area contributed by atoms with Gasteiger partial charge in [-0.1, -0.05) is 6.92 Å². The molecule has 0 aliphatic heterocycles. The molecule has 0 radical (unpaired) electrons. The molecule has 3 aliphatic rings. The van der Waals surface area contributed by atoms with Crippen LogP contribution in [0.3, 0.4) is 0 Å². The highest BCUT2D eigenvalue weighted by Crippen LogP contribution is 2.52. The molecule has 1 aromatic rings. The van der Waals surface area contributed by atoms with Crippen LogP contribution in [-0.4, -0.2) is 58.0 Å². The predicted molar refractivity (Wildman–Crippen MR) is 121 cm³/mol. The standard InChI is InChI=1S/C24H23F3N2O8/c1-2-28-7-16(32)29-13-6-15(37-24(25,26)27)11-4-9-3-10-5-14(31)12(8-30)20(33)17(10)22(35)18(9)23(36)19(11)21(13)34/h6,8-10,17,28,30,34,36H,2-5,7H2,1H3,(H,29,32)/t9?,10-,17?/m0/s1. The van der Waals surface area contributed by atoms with E-state index in [9.17, 15) is 47.7 Å². The van der Waals surface area contributed by atoms with E-state index >= 15 is 0 Å². The van der Waals surface area contributed by atoms with Crippen molar-refractivity contribution in [3.63, 3.8) is 0 Å². The van der Waals surface area contributed by atoms with Gasteiger partial charge in [-0.25, -0.2) is 0 Å². The maximum absolute atomic E-state index is 13.4. The van der Waals surface area contributed by atoms with Crippen LogP contribution >= 0.6 is 0 Å². The second-order valence-electron chi connectivity index (χ2n) is 9.04. The second kappa shape index (κ2) is 9.54. The van der Waals surface area contributed by atoms with Gasteiger partial charge in [0, 0.05) is 23.6 Å². The molecule has 5 N–H and O–H groups in total. The van der Waals surface area contributed by atoms with Crippen molar-refractivity contribution >= 4 is 34.7 Å². The molecule has 13 heteroatoms. The number of carbonyl (C=O) groups is 4. The Bertz CT molecular complexity index is 1270. The van der Waals surface area contributed by atoms with Gasteiger partial charge in [-0.3, -0.25) is 19.2 Å². The fourth-order valence-corrected chi connectivity index (χ4v) is 5.29. The summed E-state index contributed by atoms with van der Waals surface area (Å²) in [5.74, 6) is -8.55. The number of phenolic OH excluding ortho intramolecular Hbond substituents is 1. The summed E-state index contributed by atoms with van der Waals surface area (Å²) >= 11 is 0. The van der Waals surface area contributed by atoms with Gasteiger partial charge in [0.15, 0.2) is 23.1 Å². The van der Waals surface area contributed by atoms with Gasteiger partial charge in [-0.05, 0) is 31.2 Å². The number of carbonyl (C=O) groups excluding carboxylic acids is 4. The van der Waals surface area contributed by atoms with Gasteiger partial charge < -0.3 is 30.7 Å². The van der Waals surface area contributed by atoms with E-state index in [1.54, 1.807) is 6.92 Å². The first kappa shape index (κ1) is 26.2. The Balaban J connectivity index is 1.84. The third-order valence-electron chi connectivity index (χ3n) is 6.78. The molecule has 3 atom stereocenters. The van der Waals surface area contributed by atoms with Crippen LogP contribution in [0.25, 0.3) is 5.76 Å². The van der Waals surface area contributed by atoms with Crippen LogP contribution in [0.2, 0.25) is 0 Å². The van der Waals surface area contributed by atoms with Crippen molar-refractivity contribution in [1.82, 2.24) is 5.32 Å². The monoisotopic (exact) mass is 524 g/mol. The molecule has 0 saturated heterocycles. The molecule has 2 fully saturated rings. The summed E-state index contributed by atoms with van der Waals surface area (Å²) in [5, 5.41) is 36.2. The molecule has 0 spiro atoms. The van der Waals surface area contributed by atoms with Crippen molar-refractivity contribution in [3.8, 4) is 11.5 Å². The lowest BCUT2D eigenvalue weighted by molar-refractivity contribution is -0.275. The average Bonchev–Trinajstić information content (AvgIpc) is 2.79. The summed E-state index contributed by atoms with van der Waals surface area (Å²) in [5.41, 5.74) is -2.09. The summed E-state index contributed by atoms with van der Waals surface area (Å²) in [7, 11) is 0. The first-order chi connectivity index (χ1) is 17.4. The number of allylic oxidation sites excluding steroid dienone is 2. The Morgan fingerprint density at radius 1 is 1.19 bits per heavy atom. The van der Waals surface area contributed by atoms with Crippen LogP contribution in [0.15, 0.2) is 23.5 Å². The lowest BCUT2D eigenvalue weighted by Crippen LogP contribution is -2.47. The molecule has 1 amide bonds. The van der Waals surface area contributed by atoms with Crippen molar-refractivity contribution in [1.29, 1.82) is 0 Å². The molecule has 2 saturated carbocycles. The van der Waals surface area contributed by atoms with Crippen LogP contribution in [-0.2, 0) is 25.6 Å². The van der Waals surface area contributed by atoms with Gasteiger partial charge in [0.2, 0.25) is 5.91 Å². The predicted octanol–water partition coefficient (Wildman–Crippen LogP) is 2.47. The SMILES string of the molecule is CCNCC(=O)Nc1cc(OC(F)(F)F)c2c(c1O)C(O)=C1C(=O)C3C(=O)C(=CO)C(=O)C[C@@H]3CC1C2. The zero-order chi connectivity index (χ0) is 27.2. The zero-order valence-corrected chi connectivity index (χ0v) is 19.4. The number of nitrogens with one attached hydrogen (secondary N) is 2. The maximum atomic E-state index is 13.4. The number of Topliss-reactive ketones (excluding diaryl/α,β-unsaturated/α-hetero) is 3. The van der Waals surface area contributed by atoms with E-state index in [-0.39, 0.29) is 36.9 Å². The number of amides is 1. The number of benzene rings is 1. The quantitative estimate of drug-likeness (QED) is 0.128. The van der Waals surface area contributed by atoms with Gasteiger partial charge in [-0.15, -0.1) is 13.2 Å². The molecule has 0 aromatic heterocycles. The van der Waals surface area contributed by atoms with E-state index < -0.39 is 81.5 Å². The highest BCUT2D eigenvalue weighted by molar-refractivity contribution is 6.30. The van der Waals surface area contributed by atoms with Crippen molar-refractivity contribution < 1.29 is 52.4 Å². The molecular weight excluding hydrogens is 501 g/mol. The molecule has 0 bridgehead atoms. The highest BCUT2D eigenvalue weighted by atomic mass is 19.4. The van der Waals surface area contributed by atoms with E-state index in [1.807, 2.05) is 0 Å².